The monoisotopic (exact) mass is 480 g/mol. The summed E-state index contributed by atoms with van der Waals surface area (Å²) in [7, 11) is 0. The molecule has 6 heteroatoms. The summed E-state index contributed by atoms with van der Waals surface area (Å²) in [6.45, 7) is 8.70. The minimum absolute atomic E-state index is 0. The van der Waals surface area contributed by atoms with Crippen molar-refractivity contribution in [1.82, 2.24) is 16.0 Å². The lowest BCUT2D eigenvalue weighted by Crippen LogP contribution is -2.36. The van der Waals surface area contributed by atoms with E-state index in [1.807, 2.05) is 50.2 Å². The molecule has 5 nitrogen and oxygen atoms in total. The highest BCUT2D eigenvalue weighted by molar-refractivity contribution is 14.0. The van der Waals surface area contributed by atoms with Crippen molar-refractivity contribution in [2.45, 2.75) is 33.9 Å². The first kappa shape index (κ1) is 23.0. The van der Waals surface area contributed by atoms with Crippen molar-refractivity contribution in [2.75, 3.05) is 13.1 Å². The van der Waals surface area contributed by atoms with E-state index >= 15 is 0 Å². The van der Waals surface area contributed by atoms with Crippen LogP contribution in [0.5, 0.6) is 0 Å². The van der Waals surface area contributed by atoms with Crippen molar-refractivity contribution < 1.29 is 4.79 Å². The maximum atomic E-state index is 12.0. The van der Waals surface area contributed by atoms with E-state index in [1.54, 1.807) is 0 Å². The number of benzene rings is 2. The van der Waals surface area contributed by atoms with Gasteiger partial charge in [0, 0.05) is 25.2 Å². The average molecular weight is 480 g/mol. The molecule has 0 atom stereocenters. The van der Waals surface area contributed by atoms with Gasteiger partial charge in [0.05, 0.1) is 6.54 Å². The molecule has 0 saturated heterocycles. The molecule has 0 aliphatic rings. The molecule has 0 unspecified atom stereocenters. The number of aryl methyl sites for hydroxylation is 1. The van der Waals surface area contributed by atoms with Gasteiger partial charge in [0.2, 0.25) is 0 Å². The molecule has 0 aliphatic carbocycles. The van der Waals surface area contributed by atoms with E-state index < -0.39 is 0 Å². The Morgan fingerprint density at radius 2 is 1.70 bits per heavy atom. The number of rotatable bonds is 7. The molecular formula is C21H29IN4O. The molecule has 0 spiro atoms. The van der Waals surface area contributed by atoms with Crippen LogP contribution >= 0.6 is 24.0 Å². The van der Waals surface area contributed by atoms with Crippen LogP contribution in [-0.2, 0) is 13.1 Å². The molecule has 2 aromatic carbocycles. The summed E-state index contributed by atoms with van der Waals surface area (Å²) in [6, 6.07) is 15.9. The van der Waals surface area contributed by atoms with Gasteiger partial charge in [-0.3, -0.25) is 4.79 Å². The van der Waals surface area contributed by atoms with E-state index in [0.29, 0.717) is 18.7 Å². The predicted octanol–water partition coefficient (Wildman–Crippen LogP) is 3.62. The van der Waals surface area contributed by atoms with E-state index in [1.165, 1.54) is 11.1 Å². The summed E-state index contributed by atoms with van der Waals surface area (Å²) in [5.74, 6) is 0.710. The molecule has 0 radical (unpaired) electrons. The van der Waals surface area contributed by atoms with Crippen molar-refractivity contribution in [3.05, 3.63) is 70.8 Å². The van der Waals surface area contributed by atoms with Gasteiger partial charge in [0.25, 0.3) is 5.91 Å². The van der Waals surface area contributed by atoms with Gasteiger partial charge < -0.3 is 16.0 Å². The fraction of sp³-hybridized carbons (Fsp3) is 0.333. The zero-order valence-electron chi connectivity index (χ0n) is 16.2. The second kappa shape index (κ2) is 12.3. The van der Waals surface area contributed by atoms with Gasteiger partial charge in [-0.05, 0) is 49.6 Å². The first-order chi connectivity index (χ1) is 12.6. The third-order valence-electron chi connectivity index (χ3n) is 4.00. The number of carbonyl (C=O) groups is 1. The highest BCUT2D eigenvalue weighted by atomic mass is 127. The van der Waals surface area contributed by atoms with Crippen LogP contribution in [0.15, 0.2) is 53.5 Å². The van der Waals surface area contributed by atoms with Crippen LogP contribution in [0.3, 0.4) is 0 Å². The van der Waals surface area contributed by atoms with Crippen LogP contribution in [0, 0.1) is 6.92 Å². The Morgan fingerprint density at radius 1 is 0.963 bits per heavy atom. The zero-order valence-corrected chi connectivity index (χ0v) is 18.5. The molecule has 27 heavy (non-hydrogen) atoms. The van der Waals surface area contributed by atoms with Crippen LogP contribution < -0.4 is 16.0 Å². The fourth-order valence-electron chi connectivity index (χ4n) is 2.57. The molecule has 3 N–H and O–H groups in total. The second-order valence-electron chi connectivity index (χ2n) is 6.04. The minimum atomic E-state index is -0.0529. The number of guanidine groups is 1. The molecule has 0 heterocycles. The predicted molar refractivity (Wildman–Crippen MR) is 123 cm³/mol. The van der Waals surface area contributed by atoms with Crippen molar-refractivity contribution in [3.63, 3.8) is 0 Å². The Bertz CT molecular complexity index is 761. The van der Waals surface area contributed by atoms with Gasteiger partial charge in [-0.25, -0.2) is 4.99 Å². The topological polar surface area (TPSA) is 65.5 Å². The molecule has 2 aromatic rings. The van der Waals surface area contributed by atoms with E-state index in [4.69, 9.17) is 0 Å². The van der Waals surface area contributed by atoms with Gasteiger partial charge in [0.1, 0.15) is 0 Å². The van der Waals surface area contributed by atoms with Crippen molar-refractivity contribution in [1.29, 1.82) is 0 Å². The van der Waals surface area contributed by atoms with E-state index in [-0.39, 0.29) is 29.9 Å². The van der Waals surface area contributed by atoms with Gasteiger partial charge in [-0.1, -0.05) is 36.4 Å². The lowest BCUT2D eigenvalue weighted by molar-refractivity contribution is 0.0955. The highest BCUT2D eigenvalue weighted by Gasteiger charge is 2.05. The Labute approximate surface area is 179 Å². The van der Waals surface area contributed by atoms with Crippen LogP contribution in [0.25, 0.3) is 0 Å². The first-order valence-electron chi connectivity index (χ1n) is 9.07. The number of hydrogen-bond acceptors (Lipinski definition) is 2. The third-order valence-corrected chi connectivity index (χ3v) is 4.00. The molecule has 0 saturated carbocycles. The fourth-order valence-corrected chi connectivity index (χ4v) is 2.57. The maximum absolute atomic E-state index is 12.0. The summed E-state index contributed by atoms with van der Waals surface area (Å²) >= 11 is 0. The lowest BCUT2D eigenvalue weighted by Gasteiger charge is -2.13. The van der Waals surface area contributed by atoms with Crippen LogP contribution in [0.1, 0.15) is 40.9 Å². The Kier molecular flexibility index (Phi) is 10.5. The molecule has 0 fully saturated rings. The summed E-state index contributed by atoms with van der Waals surface area (Å²) in [4.78, 5) is 16.6. The summed E-state index contributed by atoms with van der Waals surface area (Å²) in [5.41, 5.74) is 4.17. The van der Waals surface area contributed by atoms with Gasteiger partial charge in [0.15, 0.2) is 5.96 Å². The van der Waals surface area contributed by atoms with E-state index in [9.17, 15) is 4.79 Å². The summed E-state index contributed by atoms with van der Waals surface area (Å²) in [6.07, 6.45) is 0. The lowest BCUT2D eigenvalue weighted by atomic mass is 10.1. The molecular weight excluding hydrogens is 451 g/mol. The Hall–Kier alpha value is -2.09. The van der Waals surface area contributed by atoms with Crippen molar-refractivity contribution >= 4 is 35.8 Å². The van der Waals surface area contributed by atoms with E-state index in [0.717, 1.165) is 24.6 Å². The average Bonchev–Trinajstić information content (AvgIpc) is 2.65. The van der Waals surface area contributed by atoms with Crippen LogP contribution in [0.4, 0.5) is 0 Å². The number of amides is 1. The van der Waals surface area contributed by atoms with Crippen LogP contribution in [-0.4, -0.2) is 25.0 Å². The number of hydrogen-bond donors (Lipinski definition) is 3. The molecule has 0 aliphatic heterocycles. The van der Waals surface area contributed by atoms with Gasteiger partial charge >= 0.3 is 0 Å². The van der Waals surface area contributed by atoms with Gasteiger partial charge in [-0.2, -0.15) is 0 Å². The van der Waals surface area contributed by atoms with Crippen molar-refractivity contribution in [3.8, 4) is 0 Å². The number of nitrogens with one attached hydrogen (secondary N) is 3. The first-order valence-corrected chi connectivity index (χ1v) is 9.07. The number of halogens is 1. The van der Waals surface area contributed by atoms with E-state index in [2.05, 4.69) is 40.0 Å². The molecule has 0 bridgehead atoms. The van der Waals surface area contributed by atoms with Gasteiger partial charge in [-0.15, -0.1) is 24.0 Å². The minimum Gasteiger partial charge on any atom is -0.357 e. The number of aliphatic imine (C=N–C) groups is 1. The largest absolute Gasteiger partial charge is 0.357 e. The summed E-state index contributed by atoms with van der Waals surface area (Å²) < 4.78 is 0. The standard InChI is InChI=1S/C21H28N4O.HI/c1-4-22-20(26)18-12-8-10-17(13-18)14-24-21(23-5-2)25-15-19-11-7-6-9-16(19)3;/h6-13H,4-5,14-15H2,1-3H3,(H,22,26)(H2,23,24,25);1H. The summed E-state index contributed by atoms with van der Waals surface area (Å²) in [5, 5.41) is 9.44. The number of nitrogens with zero attached hydrogens (tertiary/aromatic N) is 1. The second-order valence-corrected chi connectivity index (χ2v) is 6.04. The number of carbonyl (C=O) groups excluding carboxylic acids is 1. The molecule has 1 amide bonds. The highest BCUT2D eigenvalue weighted by Crippen LogP contribution is 2.08. The Morgan fingerprint density at radius 3 is 2.41 bits per heavy atom. The Balaban J connectivity index is 0.00000364. The maximum Gasteiger partial charge on any atom is 0.251 e. The quantitative estimate of drug-likeness (QED) is 0.322. The van der Waals surface area contributed by atoms with Crippen LogP contribution in [0.2, 0.25) is 0 Å². The molecule has 146 valence electrons. The smallest absolute Gasteiger partial charge is 0.251 e. The zero-order chi connectivity index (χ0) is 18.8. The molecule has 2 rings (SSSR count). The SMILES string of the molecule is CCNC(=O)c1cccc(CN=C(NCC)NCc2ccccc2C)c1.I. The normalized spacial score (nSPS) is 10.7. The molecule has 0 aromatic heterocycles. The third kappa shape index (κ3) is 7.58. The van der Waals surface area contributed by atoms with Crippen molar-refractivity contribution in [2.24, 2.45) is 4.99 Å².